The van der Waals surface area contributed by atoms with Crippen molar-refractivity contribution >= 4 is 21.4 Å². The second kappa shape index (κ2) is 5.03. The zero-order chi connectivity index (χ0) is 12.5. The van der Waals surface area contributed by atoms with Crippen molar-refractivity contribution in [3.63, 3.8) is 0 Å². The Bertz CT molecular complexity index is 483. The smallest absolute Gasteiger partial charge is 0.250 e. The molecule has 0 saturated carbocycles. The van der Waals surface area contributed by atoms with Crippen LogP contribution in [0.25, 0.3) is 0 Å². The highest BCUT2D eigenvalue weighted by molar-refractivity contribution is 7.91. The monoisotopic (exact) mass is 275 g/mol. The number of thiophene rings is 1. The molecule has 1 saturated heterocycles. The van der Waals surface area contributed by atoms with Crippen LogP contribution in [0.3, 0.4) is 0 Å². The van der Waals surface area contributed by atoms with Crippen LogP contribution in [-0.2, 0) is 16.6 Å². The minimum atomic E-state index is -3.37. The molecule has 1 unspecified atom stereocenters. The average molecular weight is 275 g/mol. The second-order valence-corrected chi connectivity index (χ2v) is 7.20. The van der Waals surface area contributed by atoms with E-state index in [-0.39, 0.29) is 6.04 Å². The summed E-state index contributed by atoms with van der Waals surface area (Å²) >= 11 is 1.22. The van der Waals surface area contributed by atoms with Crippen LogP contribution in [0, 0.1) is 0 Å². The number of nitrogens with zero attached hydrogens (tertiary/aromatic N) is 1. The van der Waals surface area contributed by atoms with Crippen molar-refractivity contribution in [3.05, 3.63) is 17.0 Å². The molecule has 1 fully saturated rings. The van der Waals surface area contributed by atoms with E-state index < -0.39 is 10.0 Å². The SMILES string of the molecule is CN1CCC(NS(=O)(=O)c2cc(CN)cs2)C1. The van der Waals surface area contributed by atoms with Gasteiger partial charge in [-0.15, -0.1) is 11.3 Å². The summed E-state index contributed by atoms with van der Waals surface area (Å²) in [5.74, 6) is 0. The number of likely N-dealkylation sites (tertiary alicyclic amines) is 1. The first-order valence-corrected chi connectivity index (χ1v) is 7.86. The minimum absolute atomic E-state index is 0.0217. The maximum absolute atomic E-state index is 12.1. The first-order valence-electron chi connectivity index (χ1n) is 5.49. The summed E-state index contributed by atoms with van der Waals surface area (Å²) in [6, 6.07) is 1.67. The van der Waals surface area contributed by atoms with Crippen LogP contribution in [0.2, 0.25) is 0 Å². The lowest BCUT2D eigenvalue weighted by molar-refractivity contribution is 0.407. The van der Waals surface area contributed by atoms with Crippen molar-refractivity contribution in [2.75, 3.05) is 20.1 Å². The molecule has 2 rings (SSSR count). The molecule has 1 aromatic rings. The van der Waals surface area contributed by atoms with Gasteiger partial charge >= 0.3 is 0 Å². The Kier molecular flexibility index (Phi) is 3.84. The Labute approximate surface area is 106 Å². The van der Waals surface area contributed by atoms with Crippen LogP contribution < -0.4 is 10.5 Å². The number of nitrogens with two attached hydrogens (primary N) is 1. The Morgan fingerprint density at radius 2 is 2.41 bits per heavy atom. The molecule has 2 heterocycles. The topological polar surface area (TPSA) is 75.4 Å². The summed E-state index contributed by atoms with van der Waals surface area (Å²) in [4.78, 5) is 2.12. The fourth-order valence-corrected chi connectivity index (χ4v) is 4.41. The normalized spacial score (nSPS) is 22.1. The fraction of sp³-hybridized carbons (Fsp3) is 0.600. The second-order valence-electron chi connectivity index (χ2n) is 4.35. The zero-order valence-electron chi connectivity index (χ0n) is 9.72. The standard InChI is InChI=1S/C10H17N3O2S2/c1-13-3-2-9(6-13)12-17(14,15)10-4-8(5-11)7-16-10/h4,7,9,12H,2-3,5-6,11H2,1H3. The number of rotatable bonds is 4. The summed E-state index contributed by atoms with van der Waals surface area (Å²) in [5.41, 5.74) is 6.33. The fourth-order valence-electron chi connectivity index (χ4n) is 1.91. The lowest BCUT2D eigenvalue weighted by atomic mass is 10.3. The molecule has 1 aromatic heterocycles. The van der Waals surface area contributed by atoms with E-state index in [0.29, 0.717) is 10.8 Å². The van der Waals surface area contributed by atoms with E-state index >= 15 is 0 Å². The van der Waals surface area contributed by atoms with Crippen molar-refractivity contribution in [2.45, 2.75) is 23.2 Å². The highest BCUT2D eigenvalue weighted by atomic mass is 32.2. The number of likely N-dealkylation sites (N-methyl/N-ethyl adjacent to an activating group) is 1. The van der Waals surface area contributed by atoms with Crippen molar-refractivity contribution in [2.24, 2.45) is 5.73 Å². The van der Waals surface area contributed by atoms with Crippen LogP contribution in [0.15, 0.2) is 15.7 Å². The summed E-state index contributed by atoms with van der Waals surface area (Å²) < 4.78 is 27.2. The third kappa shape index (κ3) is 3.05. The minimum Gasteiger partial charge on any atom is -0.326 e. The number of sulfonamides is 1. The van der Waals surface area contributed by atoms with Crippen LogP contribution in [0.4, 0.5) is 0 Å². The summed E-state index contributed by atoms with van der Waals surface area (Å²) in [6.45, 7) is 2.08. The summed E-state index contributed by atoms with van der Waals surface area (Å²) in [6.07, 6.45) is 0.866. The van der Waals surface area contributed by atoms with Crippen LogP contribution in [0.1, 0.15) is 12.0 Å². The molecule has 0 bridgehead atoms. The van der Waals surface area contributed by atoms with Gasteiger partial charge in [-0.25, -0.2) is 13.1 Å². The molecule has 5 nitrogen and oxygen atoms in total. The van der Waals surface area contributed by atoms with E-state index in [0.717, 1.165) is 25.1 Å². The average Bonchev–Trinajstić information content (AvgIpc) is 2.86. The van der Waals surface area contributed by atoms with Gasteiger partial charge in [-0.05, 0) is 37.0 Å². The van der Waals surface area contributed by atoms with Crippen molar-refractivity contribution < 1.29 is 8.42 Å². The Morgan fingerprint density at radius 3 is 2.94 bits per heavy atom. The van der Waals surface area contributed by atoms with Gasteiger partial charge in [-0.2, -0.15) is 0 Å². The Hall–Kier alpha value is -0.470. The van der Waals surface area contributed by atoms with Gasteiger partial charge in [0, 0.05) is 19.1 Å². The van der Waals surface area contributed by atoms with Gasteiger partial charge in [0.05, 0.1) is 0 Å². The van der Waals surface area contributed by atoms with Gasteiger partial charge in [0.25, 0.3) is 0 Å². The maximum Gasteiger partial charge on any atom is 0.250 e. The van der Waals surface area contributed by atoms with E-state index in [1.165, 1.54) is 11.3 Å². The van der Waals surface area contributed by atoms with E-state index in [1.807, 2.05) is 7.05 Å². The molecular formula is C10H17N3O2S2. The van der Waals surface area contributed by atoms with Crippen LogP contribution in [0.5, 0.6) is 0 Å². The molecular weight excluding hydrogens is 258 g/mol. The first-order chi connectivity index (χ1) is 8.01. The van der Waals surface area contributed by atoms with Gasteiger partial charge in [0.15, 0.2) is 0 Å². The number of nitrogens with one attached hydrogen (secondary N) is 1. The largest absolute Gasteiger partial charge is 0.326 e. The molecule has 1 aliphatic heterocycles. The molecule has 0 spiro atoms. The predicted octanol–water partition coefficient (Wildman–Crippen LogP) is 0.189. The number of hydrogen-bond acceptors (Lipinski definition) is 5. The third-order valence-electron chi connectivity index (χ3n) is 2.84. The molecule has 0 radical (unpaired) electrons. The van der Waals surface area contributed by atoms with Gasteiger partial charge in [0.2, 0.25) is 10.0 Å². The Balaban J connectivity index is 2.08. The molecule has 0 aliphatic carbocycles. The van der Waals surface area contributed by atoms with Crippen LogP contribution >= 0.6 is 11.3 Å². The van der Waals surface area contributed by atoms with Crippen molar-refractivity contribution in [1.82, 2.24) is 9.62 Å². The number of hydrogen-bond donors (Lipinski definition) is 2. The quantitative estimate of drug-likeness (QED) is 0.822. The molecule has 3 N–H and O–H groups in total. The Morgan fingerprint density at radius 1 is 1.65 bits per heavy atom. The van der Waals surface area contributed by atoms with Crippen molar-refractivity contribution in [3.8, 4) is 0 Å². The van der Waals surface area contributed by atoms with E-state index in [9.17, 15) is 8.42 Å². The highest BCUT2D eigenvalue weighted by Gasteiger charge is 2.26. The van der Waals surface area contributed by atoms with Gasteiger partial charge in [-0.3, -0.25) is 0 Å². The lowest BCUT2D eigenvalue weighted by Gasteiger charge is -2.12. The summed E-state index contributed by atoms with van der Waals surface area (Å²) in [5, 5.41) is 1.79. The molecule has 96 valence electrons. The third-order valence-corrected chi connectivity index (χ3v) is 5.85. The molecule has 1 aliphatic rings. The van der Waals surface area contributed by atoms with E-state index in [4.69, 9.17) is 5.73 Å². The van der Waals surface area contributed by atoms with Crippen molar-refractivity contribution in [1.29, 1.82) is 0 Å². The van der Waals surface area contributed by atoms with Gasteiger partial charge in [-0.1, -0.05) is 0 Å². The zero-order valence-corrected chi connectivity index (χ0v) is 11.4. The molecule has 7 heteroatoms. The molecule has 0 aromatic carbocycles. The van der Waals surface area contributed by atoms with Crippen LogP contribution in [-0.4, -0.2) is 39.5 Å². The van der Waals surface area contributed by atoms with Gasteiger partial charge < -0.3 is 10.6 Å². The van der Waals surface area contributed by atoms with E-state index in [1.54, 1.807) is 11.4 Å². The molecule has 17 heavy (non-hydrogen) atoms. The molecule has 0 amide bonds. The van der Waals surface area contributed by atoms with Gasteiger partial charge in [0.1, 0.15) is 4.21 Å². The highest BCUT2D eigenvalue weighted by Crippen LogP contribution is 2.21. The van der Waals surface area contributed by atoms with E-state index in [2.05, 4.69) is 9.62 Å². The molecule has 1 atom stereocenters. The maximum atomic E-state index is 12.1. The predicted molar refractivity (Wildman–Crippen MR) is 68.4 cm³/mol. The lowest BCUT2D eigenvalue weighted by Crippen LogP contribution is -2.36. The summed E-state index contributed by atoms with van der Waals surface area (Å²) in [7, 11) is -1.38. The first kappa shape index (κ1) is 13.0.